The van der Waals surface area contributed by atoms with Crippen LogP contribution < -0.4 is 5.32 Å². The first-order valence-corrected chi connectivity index (χ1v) is 7.36. The van der Waals surface area contributed by atoms with E-state index in [2.05, 4.69) is 45.6 Å². The third kappa shape index (κ3) is 3.15. The second kappa shape index (κ2) is 7.03. The summed E-state index contributed by atoms with van der Waals surface area (Å²) in [5, 5.41) is 3.38. The van der Waals surface area contributed by atoms with Crippen LogP contribution in [0.15, 0.2) is 18.7 Å². The van der Waals surface area contributed by atoms with E-state index in [0.29, 0.717) is 0 Å². The molecule has 0 spiro atoms. The fraction of sp³-hybridized carbons (Fsp3) is 0.533. The molecule has 0 saturated carbocycles. The molecule has 0 aliphatic carbocycles. The minimum absolute atomic E-state index is 0.757. The lowest BCUT2D eigenvalue weighted by molar-refractivity contribution is 0.705. The average Bonchev–Trinajstić information content (AvgIpc) is 2.92. The molecule has 108 valence electrons. The van der Waals surface area contributed by atoms with Crippen molar-refractivity contribution >= 4 is 5.82 Å². The highest BCUT2D eigenvalue weighted by molar-refractivity contribution is 5.46. The van der Waals surface area contributed by atoms with Gasteiger partial charge in [0.25, 0.3) is 0 Å². The van der Waals surface area contributed by atoms with Crippen LogP contribution in [0.1, 0.15) is 44.3 Å². The number of imidazole rings is 1. The summed E-state index contributed by atoms with van der Waals surface area (Å²) < 4.78 is 2.15. The molecule has 1 N–H and O–H groups in total. The zero-order chi connectivity index (χ0) is 14.4. The summed E-state index contributed by atoms with van der Waals surface area (Å²) in [6.45, 7) is 8.29. The lowest BCUT2D eigenvalue weighted by Crippen LogP contribution is -2.11. The average molecular weight is 273 g/mol. The SMILES string of the molecule is CCCNc1ncnc(Cc2nccn2CC)c1CC. The van der Waals surface area contributed by atoms with Gasteiger partial charge in [0.15, 0.2) is 0 Å². The van der Waals surface area contributed by atoms with Gasteiger partial charge in [-0.2, -0.15) is 0 Å². The zero-order valence-corrected chi connectivity index (χ0v) is 12.6. The monoisotopic (exact) mass is 273 g/mol. The number of hydrogen-bond donors (Lipinski definition) is 1. The molecule has 0 saturated heterocycles. The Labute approximate surface area is 120 Å². The lowest BCUT2D eigenvalue weighted by Gasteiger charge is -2.13. The summed E-state index contributed by atoms with van der Waals surface area (Å²) in [5.41, 5.74) is 2.27. The summed E-state index contributed by atoms with van der Waals surface area (Å²) in [6, 6.07) is 0. The molecule has 20 heavy (non-hydrogen) atoms. The Kier molecular flexibility index (Phi) is 5.09. The summed E-state index contributed by atoms with van der Waals surface area (Å²) in [6.07, 6.45) is 8.27. The van der Waals surface area contributed by atoms with Crippen molar-refractivity contribution in [2.75, 3.05) is 11.9 Å². The fourth-order valence-electron chi connectivity index (χ4n) is 2.31. The molecule has 0 bridgehead atoms. The Morgan fingerprint density at radius 3 is 2.70 bits per heavy atom. The van der Waals surface area contributed by atoms with Crippen molar-refractivity contribution in [3.8, 4) is 0 Å². The van der Waals surface area contributed by atoms with Crippen molar-refractivity contribution in [2.45, 2.75) is 46.6 Å². The number of hydrogen-bond acceptors (Lipinski definition) is 4. The van der Waals surface area contributed by atoms with Crippen LogP contribution >= 0.6 is 0 Å². The van der Waals surface area contributed by atoms with Gasteiger partial charge in [-0.15, -0.1) is 0 Å². The summed E-state index contributed by atoms with van der Waals surface area (Å²) in [7, 11) is 0. The van der Waals surface area contributed by atoms with Gasteiger partial charge in [0.2, 0.25) is 0 Å². The van der Waals surface area contributed by atoms with E-state index in [1.165, 1.54) is 5.56 Å². The predicted molar refractivity (Wildman–Crippen MR) is 80.9 cm³/mol. The summed E-state index contributed by atoms with van der Waals surface area (Å²) in [4.78, 5) is 13.3. The van der Waals surface area contributed by atoms with Crippen molar-refractivity contribution in [1.82, 2.24) is 19.5 Å². The first-order valence-electron chi connectivity index (χ1n) is 7.36. The molecule has 0 radical (unpaired) electrons. The molecule has 2 rings (SSSR count). The van der Waals surface area contributed by atoms with Gasteiger partial charge in [-0.1, -0.05) is 13.8 Å². The van der Waals surface area contributed by atoms with Crippen LogP contribution in [-0.2, 0) is 19.4 Å². The van der Waals surface area contributed by atoms with Crippen LogP contribution in [0.25, 0.3) is 0 Å². The maximum Gasteiger partial charge on any atom is 0.132 e. The highest BCUT2D eigenvalue weighted by Crippen LogP contribution is 2.18. The first kappa shape index (κ1) is 14.5. The molecule has 0 aliphatic rings. The molecule has 0 atom stereocenters. The van der Waals surface area contributed by atoms with Gasteiger partial charge in [0.05, 0.1) is 5.69 Å². The Balaban J connectivity index is 2.27. The quantitative estimate of drug-likeness (QED) is 0.842. The van der Waals surface area contributed by atoms with Crippen LogP contribution in [0.3, 0.4) is 0 Å². The molecule has 0 aromatic carbocycles. The van der Waals surface area contributed by atoms with E-state index in [1.807, 2.05) is 12.4 Å². The third-order valence-electron chi connectivity index (χ3n) is 3.40. The number of rotatable bonds is 7. The molecule has 2 aromatic rings. The molecule has 0 fully saturated rings. The maximum absolute atomic E-state index is 4.46. The van der Waals surface area contributed by atoms with Gasteiger partial charge in [-0.3, -0.25) is 0 Å². The highest BCUT2D eigenvalue weighted by atomic mass is 15.1. The Morgan fingerprint density at radius 2 is 2.00 bits per heavy atom. The van der Waals surface area contributed by atoms with Crippen molar-refractivity contribution in [1.29, 1.82) is 0 Å². The summed E-state index contributed by atoms with van der Waals surface area (Å²) >= 11 is 0. The predicted octanol–water partition coefficient (Wildman–Crippen LogP) is 2.67. The zero-order valence-electron chi connectivity index (χ0n) is 12.6. The maximum atomic E-state index is 4.46. The van der Waals surface area contributed by atoms with Crippen molar-refractivity contribution in [3.63, 3.8) is 0 Å². The van der Waals surface area contributed by atoms with E-state index in [4.69, 9.17) is 0 Å². The van der Waals surface area contributed by atoms with Gasteiger partial charge in [0, 0.05) is 37.5 Å². The molecule has 2 heterocycles. The minimum Gasteiger partial charge on any atom is -0.370 e. The van der Waals surface area contributed by atoms with Crippen LogP contribution in [0, 0.1) is 0 Å². The van der Waals surface area contributed by atoms with Gasteiger partial charge in [0.1, 0.15) is 18.0 Å². The van der Waals surface area contributed by atoms with Gasteiger partial charge in [-0.05, 0) is 19.8 Å². The van der Waals surface area contributed by atoms with E-state index in [0.717, 1.165) is 49.7 Å². The largest absolute Gasteiger partial charge is 0.370 e. The Bertz CT molecular complexity index is 547. The van der Waals surface area contributed by atoms with Crippen LogP contribution in [0.4, 0.5) is 5.82 Å². The molecule has 5 nitrogen and oxygen atoms in total. The van der Waals surface area contributed by atoms with Gasteiger partial charge < -0.3 is 9.88 Å². The topological polar surface area (TPSA) is 55.6 Å². The third-order valence-corrected chi connectivity index (χ3v) is 3.40. The van der Waals surface area contributed by atoms with Gasteiger partial charge in [-0.25, -0.2) is 15.0 Å². The van der Waals surface area contributed by atoms with Crippen molar-refractivity contribution < 1.29 is 0 Å². The number of anilines is 1. The highest BCUT2D eigenvalue weighted by Gasteiger charge is 2.12. The second-order valence-electron chi connectivity index (χ2n) is 4.73. The Morgan fingerprint density at radius 1 is 1.15 bits per heavy atom. The minimum atomic E-state index is 0.757. The summed E-state index contributed by atoms with van der Waals surface area (Å²) in [5.74, 6) is 2.02. The van der Waals surface area contributed by atoms with Gasteiger partial charge >= 0.3 is 0 Å². The number of nitrogens with one attached hydrogen (secondary N) is 1. The molecular formula is C15H23N5. The smallest absolute Gasteiger partial charge is 0.132 e. The van der Waals surface area contributed by atoms with E-state index in [-0.39, 0.29) is 0 Å². The van der Waals surface area contributed by atoms with E-state index in [1.54, 1.807) is 6.33 Å². The number of aromatic nitrogens is 4. The number of aryl methyl sites for hydroxylation is 1. The number of nitrogens with zero attached hydrogens (tertiary/aromatic N) is 4. The normalized spacial score (nSPS) is 10.8. The Hall–Kier alpha value is -1.91. The van der Waals surface area contributed by atoms with Crippen LogP contribution in [0.5, 0.6) is 0 Å². The standard InChI is InChI=1S/C15H23N5/c1-4-7-17-15-12(5-2)13(18-11-19-15)10-14-16-8-9-20(14)6-3/h8-9,11H,4-7,10H2,1-3H3,(H,17,18,19). The molecule has 0 aliphatic heterocycles. The molecule has 2 aromatic heterocycles. The van der Waals surface area contributed by atoms with E-state index in [9.17, 15) is 0 Å². The molecular weight excluding hydrogens is 250 g/mol. The van der Waals surface area contributed by atoms with E-state index < -0.39 is 0 Å². The van der Waals surface area contributed by atoms with Crippen LogP contribution in [0.2, 0.25) is 0 Å². The lowest BCUT2D eigenvalue weighted by atomic mass is 10.1. The van der Waals surface area contributed by atoms with Crippen molar-refractivity contribution in [3.05, 3.63) is 35.8 Å². The molecule has 5 heteroatoms. The molecule has 0 unspecified atom stereocenters. The van der Waals surface area contributed by atoms with Crippen molar-refractivity contribution in [2.24, 2.45) is 0 Å². The molecule has 0 amide bonds. The fourth-order valence-corrected chi connectivity index (χ4v) is 2.31. The van der Waals surface area contributed by atoms with Crippen LogP contribution in [-0.4, -0.2) is 26.1 Å². The second-order valence-corrected chi connectivity index (χ2v) is 4.73. The van der Waals surface area contributed by atoms with E-state index >= 15 is 0 Å². The first-order chi connectivity index (χ1) is 9.80.